The molecular formula is C12H14ClF3N4. The van der Waals surface area contributed by atoms with Gasteiger partial charge in [-0.3, -0.25) is 4.90 Å². The van der Waals surface area contributed by atoms with Crippen LogP contribution in [0.5, 0.6) is 0 Å². The fraction of sp³-hybridized carbons (Fsp3) is 0.667. The Morgan fingerprint density at radius 2 is 2.05 bits per heavy atom. The molecule has 2 aliphatic rings. The molecule has 1 N–H and O–H groups in total. The van der Waals surface area contributed by atoms with Crippen molar-refractivity contribution in [2.75, 3.05) is 18.4 Å². The van der Waals surface area contributed by atoms with Gasteiger partial charge < -0.3 is 5.32 Å². The molecule has 4 nitrogen and oxygen atoms in total. The maximum Gasteiger partial charge on any atom is 0.451 e. The summed E-state index contributed by atoms with van der Waals surface area (Å²) in [5.74, 6) is -1.05. The molecule has 3 heterocycles. The van der Waals surface area contributed by atoms with Crippen molar-refractivity contribution in [3.8, 4) is 0 Å². The molecule has 0 aliphatic carbocycles. The number of nitrogens with one attached hydrogen (secondary N) is 1. The topological polar surface area (TPSA) is 41.1 Å². The van der Waals surface area contributed by atoms with Crippen molar-refractivity contribution in [1.29, 1.82) is 0 Å². The minimum atomic E-state index is -4.59. The number of hydrogen-bond acceptors (Lipinski definition) is 4. The second-order valence-electron chi connectivity index (χ2n) is 5.18. The molecular weight excluding hydrogens is 293 g/mol. The summed E-state index contributed by atoms with van der Waals surface area (Å²) in [6.07, 6.45) is -1.46. The summed E-state index contributed by atoms with van der Waals surface area (Å²) in [5, 5.41) is 2.89. The van der Waals surface area contributed by atoms with Crippen LogP contribution in [0.2, 0.25) is 5.15 Å². The first kappa shape index (κ1) is 13.9. The highest BCUT2D eigenvalue weighted by Crippen LogP contribution is 2.32. The zero-order valence-electron chi connectivity index (χ0n) is 10.6. The third-order valence-corrected chi connectivity index (χ3v) is 4.08. The molecule has 2 saturated heterocycles. The van der Waals surface area contributed by atoms with Gasteiger partial charge in [-0.25, -0.2) is 9.97 Å². The normalized spacial score (nSPS) is 26.8. The van der Waals surface area contributed by atoms with Gasteiger partial charge in [0.25, 0.3) is 0 Å². The van der Waals surface area contributed by atoms with Crippen LogP contribution in [0.3, 0.4) is 0 Å². The summed E-state index contributed by atoms with van der Waals surface area (Å²) in [5.41, 5.74) is 0. The van der Waals surface area contributed by atoms with E-state index >= 15 is 0 Å². The van der Waals surface area contributed by atoms with Gasteiger partial charge in [0.1, 0.15) is 11.0 Å². The molecule has 0 spiro atoms. The average Bonchev–Trinajstić information content (AvgIpc) is 2.92. The third-order valence-electron chi connectivity index (χ3n) is 3.89. The first-order chi connectivity index (χ1) is 9.43. The van der Waals surface area contributed by atoms with E-state index in [0.29, 0.717) is 6.04 Å². The van der Waals surface area contributed by atoms with E-state index in [0.717, 1.165) is 32.4 Å². The van der Waals surface area contributed by atoms with Gasteiger partial charge in [0.2, 0.25) is 5.82 Å². The Bertz CT molecular complexity index is 508. The first-order valence-electron chi connectivity index (χ1n) is 6.56. The van der Waals surface area contributed by atoms with Gasteiger partial charge in [0, 0.05) is 24.7 Å². The summed E-state index contributed by atoms with van der Waals surface area (Å²) in [4.78, 5) is 9.12. The van der Waals surface area contributed by atoms with E-state index in [2.05, 4.69) is 20.2 Å². The molecule has 3 rings (SSSR count). The summed E-state index contributed by atoms with van der Waals surface area (Å²) in [6.45, 7) is 2.05. The van der Waals surface area contributed by atoms with Crippen molar-refractivity contribution < 1.29 is 13.2 Å². The predicted molar refractivity (Wildman–Crippen MR) is 68.7 cm³/mol. The van der Waals surface area contributed by atoms with E-state index in [9.17, 15) is 13.2 Å². The zero-order valence-corrected chi connectivity index (χ0v) is 11.4. The van der Waals surface area contributed by atoms with Crippen molar-refractivity contribution >= 4 is 17.4 Å². The highest BCUT2D eigenvalue weighted by Gasteiger charge is 2.38. The second kappa shape index (κ2) is 5.04. The van der Waals surface area contributed by atoms with Gasteiger partial charge >= 0.3 is 6.18 Å². The van der Waals surface area contributed by atoms with Gasteiger partial charge in [0.15, 0.2) is 0 Å². The van der Waals surface area contributed by atoms with Crippen molar-refractivity contribution in [2.45, 2.75) is 37.5 Å². The molecule has 0 saturated carbocycles. The number of fused-ring (bicyclic) bond motifs is 1. The number of anilines is 1. The predicted octanol–water partition coefficient (Wildman–Crippen LogP) is 2.80. The SMILES string of the molecule is FC(F)(F)c1nc(Cl)cc(NC2CCN3CCCC23)n1. The lowest BCUT2D eigenvalue weighted by atomic mass is 10.1. The van der Waals surface area contributed by atoms with Crippen LogP contribution in [-0.4, -0.2) is 40.0 Å². The molecule has 20 heavy (non-hydrogen) atoms. The lowest BCUT2D eigenvalue weighted by Crippen LogP contribution is -2.34. The van der Waals surface area contributed by atoms with E-state index in [1.165, 1.54) is 6.07 Å². The van der Waals surface area contributed by atoms with E-state index in [1.54, 1.807) is 0 Å². The van der Waals surface area contributed by atoms with Crippen molar-refractivity contribution in [3.05, 3.63) is 17.0 Å². The van der Waals surface area contributed by atoms with Gasteiger partial charge in [-0.15, -0.1) is 0 Å². The summed E-state index contributed by atoms with van der Waals surface area (Å²) >= 11 is 5.65. The fourth-order valence-electron chi connectivity index (χ4n) is 3.06. The number of hydrogen-bond donors (Lipinski definition) is 1. The number of aromatic nitrogens is 2. The zero-order chi connectivity index (χ0) is 14.3. The standard InChI is InChI=1S/C12H14ClF3N4/c13-9-6-10(19-11(18-9)12(14,15)16)17-7-3-5-20-4-1-2-8(7)20/h6-8H,1-5H2,(H,17,18,19). The van der Waals surface area contributed by atoms with Crippen molar-refractivity contribution in [2.24, 2.45) is 0 Å². The van der Waals surface area contributed by atoms with Crippen molar-refractivity contribution in [1.82, 2.24) is 14.9 Å². The molecule has 2 aliphatic heterocycles. The smallest absolute Gasteiger partial charge is 0.366 e. The molecule has 0 amide bonds. The monoisotopic (exact) mass is 306 g/mol. The molecule has 110 valence electrons. The Kier molecular flexibility index (Phi) is 3.50. The Morgan fingerprint density at radius 3 is 2.80 bits per heavy atom. The minimum absolute atomic E-state index is 0.129. The van der Waals surface area contributed by atoms with Crippen LogP contribution >= 0.6 is 11.6 Å². The molecule has 0 bridgehead atoms. The van der Waals surface area contributed by atoms with Crippen LogP contribution < -0.4 is 5.32 Å². The largest absolute Gasteiger partial charge is 0.451 e. The fourth-order valence-corrected chi connectivity index (χ4v) is 3.24. The molecule has 2 fully saturated rings. The van der Waals surface area contributed by atoms with Crippen LogP contribution in [0, 0.1) is 0 Å². The first-order valence-corrected chi connectivity index (χ1v) is 6.93. The maximum atomic E-state index is 12.7. The Hall–Kier alpha value is -1.08. The number of halogens is 4. The summed E-state index contributed by atoms with van der Waals surface area (Å²) < 4.78 is 38.0. The van der Waals surface area contributed by atoms with Gasteiger partial charge in [-0.2, -0.15) is 13.2 Å². The van der Waals surface area contributed by atoms with Crippen LogP contribution in [0.1, 0.15) is 25.1 Å². The molecule has 0 radical (unpaired) electrons. The highest BCUT2D eigenvalue weighted by atomic mass is 35.5. The van der Waals surface area contributed by atoms with Gasteiger partial charge in [-0.1, -0.05) is 11.6 Å². The van der Waals surface area contributed by atoms with E-state index in [-0.39, 0.29) is 17.0 Å². The third kappa shape index (κ3) is 2.69. The van der Waals surface area contributed by atoms with E-state index in [1.807, 2.05) is 0 Å². The van der Waals surface area contributed by atoms with Crippen LogP contribution in [-0.2, 0) is 6.18 Å². The average molecular weight is 307 g/mol. The van der Waals surface area contributed by atoms with Gasteiger partial charge in [-0.05, 0) is 25.8 Å². The lowest BCUT2D eigenvalue weighted by molar-refractivity contribution is -0.144. The van der Waals surface area contributed by atoms with Gasteiger partial charge in [0.05, 0.1) is 0 Å². The lowest BCUT2D eigenvalue weighted by Gasteiger charge is -2.22. The van der Waals surface area contributed by atoms with Crippen molar-refractivity contribution in [3.63, 3.8) is 0 Å². The minimum Gasteiger partial charge on any atom is -0.366 e. The molecule has 2 unspecified atom stereocenters. The number of nitrogens with zero attached hydrogens (tertiary/aromatic N) is 3. The highest BCUT2D eigenvalue weighted by molar-refractivity contribution is 6.29. The van der Waals surface area contributed by atoms with Crippen LogP contribution in [0.25, 0.3) is 0 Å². The second-order valence-corrected chi connectivity index (χ2v) is 5.57. The summed E-state index contributed by atoms with van der Waals surface area (Å²) in [6, 6.07) is 1.86. The van der Waals surface area contributed by atoms with E-state index < -0.39 is 12.0 Å². The Balaban J connectivity index is 1.79. The number of rotatable bonds is 2. The molecule has 1 aromatic rings. The summed E-state index contributed by atoms with van der Waals surface area (Å²) in [7, 11) is 0. The molecule has 2 atom stereocenters. The molecule has 0 aromatic carbocycles. The van der Waals surface area contributed by atoms with E-state index in [4.69, 9.17) is 11.6 Å². The molecule has 8 heteroatoms. The Morgan fingerprint density at radius 1 is 1.25 bits per heavy atom. The van der Waals surface area contributed by atoms with Crippen LogP contribution in [0.4, 0.5) is 19.0 Å². The van der Waals surface area contributed by atoms with Crippen LogP contribution in [0.15, 0.2) is 6.07 Å². The maximum absolute atomic E-state index is 12.7. The quantitative estimate of drug-likeness (QED) is 0.853. The molecule has 1 aromatic heterocycles. The Labute approximate surface area is 119 Å². The number of alkyl halides is 3.